The minimum atomic E-state index is 1.02. The van der Waals surface area contributed by atoms with Crippen molar-refractivity contribution in [2.75, 3.05) is 12.5 Å². The zero-order valence-corrected chi connectivity index (χ0v) is 11.0. The summed E-state index contributed by atoms with van der Waals surface area (Å²) in [6, 6.07) is 10.5. The summed E-state index contributed by atoms with van der Waals surface area (Å²) in [5.41, 5.74) is 2.51. The zero-order valence-electron chi connectivity index (χ0n) is 9.38. The fraction of sp³-hybridized carbons (Fsp3) is 0.250. The Balaban J connectivity index is 2.46. The molecule has 0 N–H and O–H groups in total. The van der Waals surface area contributed by atoms with Crippen molar-refractivity contribution >= 4 is 23.5 Å². The van der Waals surface area contributed by atoms with Gasteiger partial charge in [0.1, 0.15) is 0 Å². The molecule has 0 saturated carbocycles. The van der Waals surface area contributed by atoms with Gasteiger partial charge >= 0.3 is 0 Å². The van der Waals surface area contributed by atoms with Crippen LogP contribution in [-0.4, -0.2) is 22.3 Å². The van der Waals surface area contributed by atoms with E-state index in [0.29, 0.717) is 0 Å². The SMILES string of the molecule is CSCc1ccccc1-n1nccc1SC. The monoisotopic (exact) mass is 250 g/mol. The van der Waals surface area contributed by atoms with Crippen molar-refractivity contribution < 1.29 is 0 Å². The Morgan fingerprint density at radius 2 is 2.00 bits per heavy atom. The molecule has 0 radical (unpaired) electrons. The lowest BCUT2D eigenvalue weighted by molar-refractivity contribution is 0.797. The van der Waals surface area contributed by atoms with Crippen molar-refractivity contribution in [1.82, 2.24) is 9.78 Å². The van der Waals surface area contributed by atoms with E-state index in [4.69, 9.17) is 0 Å². The molecule has 0 saturated heterocycles. The molecule has 0 amide bonds. The lowest BCUT2D eigenvalue weighted by Crippen LogP contribution is -2.01. The Morgan fingerprint density at radius 1 is 1.19 bits per heavy atom. The van der Waals surface area contributed by atoms with Gasteiger partial charge in [-0.3, -0.25) is 0 Å². The first-order valence-corrected chi connectivity index (χ1v) is 7.64. The van der Waals surface area contributed by atoms with E-state index in [0.717, 1.165) is 5.75 Å². The van der Waals surface area contributed by atoms with Gasteiger partial charge in [-0.25, -0.2) is 4.68 Å². The van der Waals surface area contributed by atoms with Gasteiger partial charge in [-0.15, -0.1) is 11.8 Å². The Morgan fingerprint density at radius 3 is 2.75 bits per heavy atom. The summed E-state index contributed by atoms with van der Waals surface area (Å²) in [7, 11) is 0. The predicted molar refractivity (Wildman–Crippen MR) is 72.6 cm³/mol. The van der Waals surface area contributed by atoms with Gasteiger partial charge in [0.25, 0.3) is 0 Å². The molecule has 1 aromatic heterocycles. The number of nitrogens with zero attached hydrogens (tertiary/aromatic N) is 2. The minimum absolute atomic E-state index is 1.02. The van der Waals surface area contributed by atoms with Crippen LogP contribution in [0.5, 0.6) is 0 Å². The molecule has 84 valence electrons. The van der Waals surface area contributed by atoms with Crippen molar-refractivity contribution in [2.24, 2.45) is 0 Å². The third-order valence-electron chi connectivity index (χ3n) is 2.34. The Labute approximate surface area is 104 Å². The van der Waals surface area contributed by atoms with Crippen LogP contribution in [0.25, 0.3) is 5.69 Å². The van der Waals surface area contributed by atoms with Gasteiger partial charge in [-0.1, -0.05) is 18.2 Å². The summed E-state index contributed by atoms with van der Waals surface area (Å²) in [5.74, 6) is 1.02. The summed E-state index contributed by atoms with van der Waals surface area (Å²) >= 11 is 3.55. The number of hydrogen-bond acceptors (Lipinski definition) is 3. The van der Waals surface area contributed by atoms with Crippen molar-refractivity contribution in [1.29, 1.82) is 0 Å². The van der Waals surface area contributed by atoms with Crippen molar-refractivity contribution in [3.05, 3.63) is 42.1 Å². The summed E-state index contributed by atoms with van der Waals surface area (Å²) in [5, 5.41) is 5.56. The highest BCUT2D eigenvalue weighted by atomic mass is 32.2. The number of benzene rings is 1. The van der Waals surface area contributed by atoms with Gasteiger partial charge in [0, 0.05) is 5.75 Å². The molecule has 1 aromatic carbocycles. The summed E-state index contributed by atoms with van der Waals surface area (Å²) in [6.45, 7) is 0. The van der Waals surface area contributed by atoms with Gasteiger partial charge in [0.2, 0.25) is 0 Å². The van der Waals surface area contributed by atoms with E-state index in [2.05, 4.69) is 41.9 Å². The molecule has 0 spiro atoms. The molecule has 0 aliphatic heterocycles. The van der Waals surface area contributed by atoms with Crippen LogP contribution in [0.1, 0.15) is 5.56 Å². The molecule has 1 heterocycles. The molecule has 4 heteroatoms. The highest BCUT2D eigenvalue weighted by Gasteiger charge is 2.07. The molecule has 2 rings (SSSR count). The fourth-order valence-electron chi connectivity index (χ4n) is 1.62. The zero-order chi connectivity index (χ0) is 11.4. The van der Waals surface area contributed by atoms with E-state index < -0.39 is 0 Å². The normalized spacial score (nSPS) is 10.6. The second-order valence-corrected chi connectivity index (χ2v) is 5.04. The number of hydrogen-bond donors (Lipinski definition) is 0. The van der Waals surface area contributed by atoms with Crippen LogP contribution >= 0.6 is 23.5 Å². The molecule has 2 aromatic rings. The van der Waals surface area contributed by atoms with Crippen molar-refractivity contribution in [3.63, 3.8) is 0 Å². The summed E-state index contributed by atoms with van der Waals surface area (Å²) in [4.78, 5) is 0. The molecule has 2 nitrogen and oxygen atoms in total. The second-order valence-electron chi connectivity index (χ2n) is 3.35. The Kier molecular flexibility index (Phi) is 3.96. The molecule has 0 atom stereocenters. The second kappa shape index (κ2) is 5.46. The van der Waals surface area contributed by atoms with Crippen LogP contribution in [0.3, 0.4) is 0 Å². The number of para-hydroxylation sites is 1. The molecule has 0 aliphatic carbocycles. The van der Waals surface area contributed by atoms with Crippen LogP contribution in [0.15, 0.2) is 41.6 Å². The van der Waals surface area contributed by atoms with Gasteiger partial charge in [-0.05, 0) is 30.2 Å². The maximum atomic E-state index is 4.39. The third kappa shape index (κ3) is 2.28. The maximum Gasteiger partial charge on any atom is 0.0996 e. The predicted octanol–water partition coefficient (Wildman–Crippen LogP) is 3.46. The minimum Gasteiger partial charge on any atom is -0.227 e. The highest BCUT2D eigenvalue weighted by molar-refractivity contribution is 7.98. The van der Waals surface area contributed by atoms with Gasteiger partial charge in [0.15, 0.2) is 0 Å². The summed E-state index contributed by atoms with van der Waals surface area (Å²) in [6.07, 6.45) is 6.04. The third-order valence-corrected chi connectivity index (χ3v) is 3.66. The summed E-state index contributed by atoms with van der Waals surface area (Å²) < 4.78 is 2.01. The van der Waals surface area contributed by atoms with E-state index >= 15 is 0 Å². The van der Waals surface area contributed by atoms with Crippen LogP contribution in [0.2, 0.25) is 0 Å². The lowest BCUT2D eigenvalue weighted by atomic mass is 10.2. The maximum absolute atomic E-state index is 4.39. The number of rotatable bonds is 4. The molecule has 0 aliphatic rings. The van der Waals surface area contributed by atoms with E-state index in [1.54, 1.807) is 11.8 Å². The number of aromatic nitrogens is 2. The first kappa shape index (κ1) is 11.6. The first-order valence-electron chi connectivity index (χ1n) is 5.02. The van der Waals surface area contributed by atoms with Gasteiger partial charge in [-0.2, -0.15) is 16.9 Å². The topological polar surface area (TPSA) is 17.8 Å². The van der Waals surface area contributed by atoms with Crippen molar-refractivity contribution in [2.45, 2.75) is 10.8 Å². The molecule has 0 fully saturated rings. The van der Waals surface area contributed by atoms with Crippen LogP contribution < -0.4 is 0 Å². The van der Waals surface area contributed by atoms with E-state index in [1.807, 2.05) is 28.7 Å². The van der Waals surface area contributed by atoms with Crippen molar-refractivity contribution in [3.8, 4) is 5.69 Å². The first-order chi connectivity index (χ1) is 7.86. The molecule has 0 unspecified atom stereocenters. The molecular formula is C12H14N2S2. The Bertz CT molecular complexity index is 466. The average Bonchev–Trinajstić information content (AvgIpc) is 2.78. The highest BCUT2D eigenvalue weighted by Crippen LogP contribution is 2.23. The van der Waals surface area contributed by atoms with E-state index in [9.17, 15) is 0 Å². The molecular weight excluding hydrogens is 236 g/mol. The fourth-order valence-corrected chi connectivity index (χ4v) is 2.69. The van der Waals surface area contributed by atoms with E-state index in [-0.39, 0.29) is 0 Å². The van der Waals surface area contributed by atoms with Crippen LogP contribution in [0, 0.1) is 0 Å². The van der Waals surface area contributed by atoms with Crippen LogP contribution in [0.4, 0.5) is 0 Å². The largest absolute Gasteiger partial charge is 0.227 e. The quantitative estimate of drug-likeness (QED) is 0.774. The van der Waals surface area contributed by atoms with Gasteiger partial charge in [0.05, 0.1) is 16.9 Å². The Hall–Kier alpha value is -0.870. The average molecular weight is 250 g/mol. The molecule has 16 heavy (non-hydrogen) atoms. The van der Waals surface area contributed by atoms with E-state index in [1.165, 1.54) is 16.3 Å². The lowest BCUT2D eigenvalue weighted by Gasteiger charge is -2.10. The number of thioether (sulfide) groups is 2. The standard InChI is InChI=1S/C12H14N2S2/c1-15-9-10-5-3-4-6-11(10)14-12(16-2)7-8-13-14/h3-8H,9H2,1-2H3. The smallest absolute Gasteiger partial charge is 0.0996 e. The van der Waals surface area contributed by atoms with Gasteiger partial charge < -0.3 is 0 Å². The molecule has 0 bridgehead atoms. The van der Waals surface area contributed by atoms with Crippen LogP contribution in [-0.2, 0) is 5.75 Å².